The summed E-state index contributed by atoms with van der Waals surface area (Å²) in [5, 5.41) is 25.1. The number of benzene rings is 1. The molecule has 2 aromatic rings. The van der Waals surface area contributed by atoms with Gasteiger partial charge in [0, 0.05) is 24.0 Å². The summed E-state index contributed by atoms with van der Waals surface area (Å²) in [7, 11) is 0. The molecule has 4 N–H and O–H groups in total. The molecule has 0 aliphatic rings. The topological polar surface area (TPSA) is 113 Å². The second-order valence-corrected chi connectivity index (χ2v) is 7.80. The van der Waals surface area contributed by atoms with Crippen molar-refractivity contribution in [3.8, 4) is 5.75 Å². The number of hydrogen-bond donors (Lipinski definition) is 4. The van der Waals surface area contributed by atoms with Crippen LogP contribution < -0.4 is 15.4 Å². The minimum Gasteiger partial charge on any atom is -0.444 e. The Kier molecular flexibility index (Phi) is 8.28. The fourth-order valence-electron chi connectivity index (χ4n) is 2.77. The number of pyridine rings is 1. The Hall–Kier alpha value is -3.05. The van der Waals surface area contributed by atoms with Crippen LogP contribution in [0.4, 0.5) is 29.5 Å². The van der Waals surface area contributed by atoms with Gasteiger partial charge in [0.2, 0.25) is 0 Å². The first-order chi connectivity index (χ1) is 14.9. The molecular formula is C21H26F3N3O5. The van der Waals surface area contributed by atoms with E-state index >= 15 is 0 Å². The maximum Gasteiger partial charge on any atom is 0.573 e. The van der Waals surface area contributed by atoms with Gasteiger partial charge in [0.05, 0.1) is 6.61 Å². The first-order valence-corrected chi connectivity index (χ1v) is 9.74. The number of nitrogens with zero attached hydrogens (tertiary/aromatic N) is 1. The van der Waals surface area contributed by atoms with Gasteiger partial charge in [-0.25, -0.2) is 9.78 Å². The van der Waals surface area contributed by atoms with Crippen LogP contribution in [-0.4, -0.2) is 46.4 Å². The van der Waals surface area contributed by atoms with Gasteiger partial charge in [-0.3, -0.25) is 0 Å². The van der Waals surface area contributed by atoms with Gasteiger partial charge in [-0.15, -0.1) is 13.2 Å². The van der Waals surface area contributed by atoms with Gasteiger partial charge >= 0.3 is 12.5 Å². The molecule has 0 aliphatic heterocycles. The molecule has 0 radical (unpaired) electrons. The standard InChI is InChI=1S/C21H26F3N3O5/c1-20(2,3)32-19(30)26-11-9-16-15(17(29)12-28)8-10-25-18(16)27-13-4-6-14(7-5-13)31-21(22,23)24/h4-8,10,17,28-29H,9,11-12H2,1-3H3,(H,25,27)(H,26,30). The maximum absolute atomic E-state index is 12.3. The molecule has 1 heterocycles. The van der Waals surface area contributed by atoms with Crippen molar-refractivity contribution in [2.24, 2.45) is 0 Å². The highest BCUT2D eigenvalue weighted by Gasteiger charge is 2.31. The predicted octanol–water partition coefficient (Wildman–Crippen LogP) is 3.82. The van der Waals surface area contributed by atoms with Crippen LogP contribution in [0.2, 0.25) is 0 Å². The molecule has 32 heavy (non-hydrogen) atoms. The van der Waals surface area contributed by atoms with Crippen molar-refractivity contribution in [3.05, 3.63) is 47.7 Å². The van der Waals surface area contributed by atoms with Crippen LogP contribution in [0.1, 0.15) is 38.0 Å². The van der Waals surface area contributed by atoms with Crippen LogP contribution in [0.15, 0.2) is 36.5 Å². The number of halogens is 3. The Morgan fingerprint density at radius 1 is 1.16 bits per heavy atom. The number of carbonyl (C=O) groups excluding carboxylic acids is 1. The van der Waals surface area contributed by atoms with E-state index in [9.17, 15) is 28.2 Å². The number of aliphatic hydroxyl groups excluding tert-OH is 2. The van der Waals surface area contributed by atoms with Gasteiger partial charge in [0.15, 0.2) is 0 Å². The number of amides is 1. The van der Waals surface area contributed by atoms with Crippen LogP contribution in [0.5, 0.6) is 5.75 Å². The minimum absolute atomic E-state index is 0.152. The highest BCUT2D eigenvalue weighted by molar-refractivity contribution is 5.68. The van der Waals surface area contributed by atoms with E-state index in [0.717, 1.165) is 12.1 Å². The van der Waals surface area contributed by atoms with Crippen molar-refractivity contribution in [2.75, 3.05) is 18.5 Å². The van der Waals surface area contributed by atoms with Crippen molar-refractivity contribution in [2.45, 2.75) is 45.3 Å². The largest absolute Gasteiger partial charge is 0.573 e. The second kappa shape index (κ2) is 10.5. The molecule has 11 heteroatoms. The smallest absolute Gasteiger partial charge is 0.444 e. The Morgan fingerprint density at radius 2 is 1.81 bits per heavy atom. The average molecular weight is 457 g/mol. The number of alkyl carbamates (subject to hydrolysis) is 1. The molecule has 176 valence electrons. The zero-order valence-electron chi connectivity index (χ0n) is 17.9. The maximum atomic E-state index is 12.3. The highest BCUT2D eigenvalue weighted by Crippen LogP contribution is 2.28. The second-order valence-electron chi connectivity index (χ2n) is 7.80. The van der Waals surface area contributed by atoms with Gasteiger partial charge in [0.25, 0.3) is 0 Å². The molecule has 0 saturated heterocycles. The van der Waals surface area contributed by atoms with Gasteiger partial charge < -0.3 is 30.3 Å². The van der Waals surface area contributed by atoms with E-state index in [1.807, 2.05) is 0 Å². The van der Waals surface area contributed by atoms with Crippen molar-refractivity contribution in [1.82, 2.24) is 10.3 Å². The summed E-state index contributed by atoms with van der Waals surface area (Å²) in [5.74, 6) is -0.0623. The van der Waals surface area contributed by atoms with Crippen molar-refractivity contribution < 1.29 is 37.7 Å². The fourth-order valence-corrected chi connectivity index (χ4v) is 2.77. The van der Waals surface area contributed by atoms with E-state index in [4.69, 9.17) is 4.74 Å². The Balaban J connectivity index is 2.18. The Morgan fingerprint density at radius 3 is 2.38 bits per heavy atom. The molecule has 0 bridgehead atoms. The van der Waals surface area contributed by atoms with Crippen molar-refractivity contribution >= 4 is 17.6 Å². The van der Waals surface area contributed by atoms with Crippen molar-refractivity contribution in [1.29, 1.82) is 0 Å². The van der Waals surface area contributed by atoms with Gasteiger partial charge in [0.1, 0.15) is 23.3 Å². The third-order valence-electron chi connectivity index (χ3n) is 4.02. The molecule has 1 atom stereocenters. The number of nitrogens with one attached hydrogen (secondary N) is 2. The van der Waals surface area contributed by atoms with E-state index in [2.05, 4.69) is 20.4 Å². The van der Waals surface area contributed by atoms with Crippen LogP contribution in [0, 0.1) is 0 Å². The monoisotopic (exact) mass is 457 g/mol. The molecule has 1 aromatic carbocycles. The van der Waals surface area contributed by atoms with E-state index in [-0.39, 0.29) is 18.7 Å². The quantitative estimate of drug-likeness (QED) is 0.477. The molecule has 1 unspecified atom stereocenters. The predicted molar refractivity (Wildman–Crippen MR) is 111 cm³/mol. The van der Waals surface area contributed by atoms with E-state index in [0.29, 0.717) is 22.6 Å². The van der Waals surface area contributed by atoms with Crippen LogP contribution in [-0.2, 0) is 11.2 Å². The number of ether oxygens (including phenoxy) is 2. The number of aliphatic hydroxyl groups is 2. The van der Waals surface area contributed by atoms with Gasteiger partial charge in [-0.05, 0) is 63.1 Å². The molecule has 0 aliphatic carbocycles. The van der Waals surface area contributed by atoms with Crippen LogP contribution in [0.25, 0.3) is 0 Å². The Bertz CT molecular complexity index is 899. The summed E-state index contributed by atoms with van der Waals surface area (Å²) in [6.07, 6.45) is -4.93. The normalized spacial score (nSPS) is 12.8. The molecule has 8 nitrogen and oxygen atoms in total. The highest BCUT2D eigenvalue weighted by atomic mass is 19.4. The molecule has 2 rings (SSSR count). The summed E-state index contributed by atoms with van der Waals surface area (Å²) in [5.41, 5.74) is 0.670. The number of carbonyl (C=O) groups is 1. The Labute approximate surface area is 183 Å². The zero-order valence-corrected chi connectivity index (χ0v) is 17.9. The molecule has 0 spiro atoms. The number of hydrogen-bond acceptors (Lipinski definition) is 7. The zero-order chi connectivity index (χ0) is 23.9. The molecule has 1 aromatic heterocycles. The van der Waals surface area contributed by atoms with Crippen LogP contribution >= 0.6 is 0 Å². The summed E-state index contributed by atoms with van der Waals surface area (Å²) >= 11 is 0. The SMILES string of the molecule is CC(C)(C)OC(=O)NCCc1c(C(O)CO)ccnc1Nc1ccc(OC(F)(F)F)cc1. The lowest BCUT2D eigenvalue weighted by molar-refractivity contribution is -0.274. The summed E-state index contributed by atoms with van der Waals surface area (Å²) < 4.78 is 46.0. The number of aromatic nitrogens is 1. The first kappa shape index (κ1) is 25.2. The van der Waals surface area contributed by atoms with Gasteiger partial charge in [-0.2, -0.15) is 0 Å². The minimum atomic E-state index is -4.79. The van der Waals surface area contributed by atoms with Crippen molar-refractivity contribution in [3.63, 3.8) is 0 Å². The lowest BCUT2D eigenvalue weighted by atomic mass is 10.0. The summed E-state index contributed by atoms with van der Waals surface area (Å²) in [6, 6.07) is 6.58. The third-order valence-corrected chi connectivity index (χ3v) is 4.02. The molecular weight excluding hydrogens is 431 g/mol. The third kappa shape index (κ3) is 8.23. The summed E-state index contributed by atoms with van der Waals surface area (Å²) in [4.78, 5) is 16.1. The fraction of sp³-hybridized carbons (Fsp3) is 0.429. The van der Waals surface area contributed by atoms with Crippen LogP contribution in [0.3, 0.4) is 0 Å². The first-order valence-electron chi connectivity index (χ1n) is 9.74. The number of anilines is 2. The molecule has 0 saturated carbocycles. The van der Waals surface area contributed by atoms with E-state index in [1.54, 1.807) is 20.8 Å². The van der Waals surface area contributed by atoms with E-state index in [1.165, 1.54) is 24.4 Å². The lowest BCUT2D eigenvalue weighted by Crippen LogP contribution is -2.33. The average Bonchev–Trinajstić information content (AvgIpc) is 2.67. The number of rotatable bonds is 8. The molecule has 0 fully saturated rings. The molecule has 1 amide bonds. The summed E-state index contributed by atoms with van der Waals surface area (Å²) in [6.45, 7) is 4.82. The number of alkyl halides is 3. The van der Waals surface area contributed by atoms with E-state index < -0.39 is 30.8 Å². The lowest BCUT2D eigenvalue weighted by Gasteiger charge is -2.21. The van der Waals surface area contributed by atoms with Gasteiger partial charge in [-0.1, -0.05) is 0 Å².